The number of hydrogen-bond acceptors (Lipinski definition) is 4. The number of aryl methyl sites for hydroxylation is 1. The third kappa shape index (κ3) is 7.06. The van der Waals surface area contributed by atoms with Gasteiger partial charge >= 0.3 is 6.03 Å². The number of carbonyl (C=O) groups is 1. The lowest BCUT2D eigenvalue weighted by atomic mass is 10.3. The summed E-state index contributed by atoms with van der Waals surface area (Å²) in [6, 6.07) is 9.65. The lowest BCUT2D eigenvalue weighted by Crippen LogP contribution is -2.30. The molecule has 2 amide bonds. The first-order valence-electron chi connectivity index (χ1n) is 8.03. The maximum absolute atomic E-state index is 11.9. The lowest BCUT2D eigenvalue weighted by molar-refractivity contribution is 0.251. The summed E-state index contributed by atoms with van der Waals surface area (Å²) in [4.78, 5) is 15.2. The third-order valence-electron chi connectivity index (χ3n) is 3.33. The number of thioether (sulfide) groups is 1. The highest BCUT2D eigenvalue weighted by atomic mass is 32.2. The fourth-order valence-corrected chi connectivity index (χ4v) is 3.05. The highest BCUT2D eigenvalue weighted by Crippen LogP contribution is 2.20. The van der Waals surface area contributed by atoms with Crippen molar-refractivity contribution in [2.45, 2.75) is 17.9 Å². The zero-order valence-electron chi connectivity index (χ0n) is 14.2. The highest BCUT2D eigenvalue weighted by molar-refractivity contribution is 7.99. The molecule has 0 aliphatic carbocycles. The minimum absolute atomic E-state index is 0.177. The van der Waals surface area contributed by atoms with Crippen molar-refractivity contribution in [1.29, 1.82) is 0 Å². The summed E-state index contributed by atoms with van der Waals surface area (Å²) in [5.41, 5.74) is 0.802. The van der Waals surface area contributed by atoms with Crippen LogP contribution in [0, 0.1) is 0 Å². The van der Waals surface area contributed by atoms with Crippen LogP contribution in [0.1, 0.15) is 6.42 Å². The predicted octanol–water partition coefficient (Wildman–Crippen LogP) is 2.75. The molecule has 1 aromatic heterocycles. The minimum Gasteiger partial charge on any atom is -0.338 e. The van der Waals surface area contributed by atoms with Crippen LogP contribution in [0.4, 0.5) is 10.5 Å². The van der Waals surface area contributed by atoms with E-state index in [4.69, 9.17) is 0 Å². The second kappa shape index (κ2) is 10.00. The standard InChI is InChI=1S/C17H25N5OS/c1-21(2)13-14-24-16-7-5-15(6-8-16)20-17(23)18-9-3-11-22-12-4-10-19-22/h4-8,10,12H,3,9,11,13-14H2,1-2H3,(H2,18,20,23). The van der Waals surface area contributed by atoms with Gasteiger partial charge in [-0.2, -0.15) is 5.10 Å². The van der Waals surface area contributed by atoms with Gasteiger partial charge in [0.2, 0.25) is 0 Å². The summed E-state index contributed by atoms with van der Waals surface area (Å²) in [6.07, 6.45) is 4.51. The van der Waals surface area contributed by atoms with Gasteiger partial charge in [-0.1, -0.05) is 0 Å². The van der Waals surface area contributed by atoms with Gasteiger partial charge in [0.25, 0.3) is 0 Å². The molecule has 0 aliphatic rings. The molecule has 0 saturated heterocycles. The quantitative estimate of drug-likeness (QED) is 0.541. The van der Waals surface area contributed by atoms with Gasteiger partial charge in [0, 0.05) is 48.4 Å². The van der Waals surface area contributed by atoms with Gasteiger partial charge in [-0.3, -0.25) is 4.68 Å². The Bertz CT molecular complexity index is 598. The molecule has 1 aromatic carbocycles. The number of rotatable bonds is 9. The Balaban J connectivity index is 1.64. The second-order valence-corrected chi connectivity index (χ2v) is 6.85. The number of urea groups is 1. The Kier molecular flexibility index (Phi) is 7.64. The van der Waals surface area contributed by atoms with E-state index in [1.807, 2.05) is 53.0 Å². The van der Waals surface area contributed by atoms with Crippen LogP contribution in [0.15, 0.2) is 47.6 Å². The fraction of sp³-hybridized carbons (Fsp3) is 0.412. The fourth-order valence-electron chi connectivity index (χ4n) is 2.03. The number of amides is 2. The lowest BCUT2D eigenvalue weighted by Gasteiger charge is -2.10. The molecule has 0 fully saturated rings. The molecule has 0 radical (unpaired) electrons. The number of hydrogen-bond donors (Lipinski definition) is 2. The molecule has 24 heavy (non-hydrogen) atoms. The maximum Gasteiger partial charge on any atom is 0.319 e. The van der Waals surface area contributed by atoms with Crippen LogP contribution in [0.25, 0.3) is 0 Å². The molecular weight excluding hydrogens is 322 g/mol. The van der Waals surface area contributed by atoms with Crippen LogP contribution in [-0.4, -0.2) is 53.6 Å². The normalized spacial score (nSPS) is 10.8. The first-order valence-corrected chi connectivity index (χ1v) is 9.02. The molecule has 0 aliphatic heterocycles. The first kappa shape index (κ1) is 18.4. The van der Waals surface area contributed by atoms with Gasteiger partial charge in [0.1, 0.15) is 0 Å². The molecule has 0 bridgehead atoms. The van der Waals surface area contributed by atoms with E-state index in [1.165, 1.54) is 4.90 Å². The van der Waals surface area contributed by atoms with E-state index in [2.05, 4.69) is 34.7 Å². The third-order valence-corrected chi connectivity index (χ3v) is 4.32. The Morgan fingerprint density at radius 1 is 1.29 bits per heavy atom. The Morgan fingerprint density at radius 3 is 2.75 bits per heavy atom. The van der Waals surface area contributed by atoms with E-state index in [0.29, 0.717) is 6.54 Å². The largest absolute Gasteiger partial charge is 0.338 e. The van der Waals surface area contributed by atoms with Gasteiger partial charge < -0.3 is 15.5 Å². The summed E-state index contributed by atoms with van der Waals surface area (Å²) in [7, 11) is 4.14. The van der Waals surface area contributed by atoms with Crippen molar-refractivity contribution in [3.05, 3.63) is 42.7 Å². The first-order chi connectivity index (χ1) is 11.6. The van der Waals surface area contributed by atoms with Gasteiger partial charge in [-0.15, -0.1) is 11.8 Å². The van der Waals surface area contributed by atoms with E-state index >= 15 is 0 Å². The van der Waals surface area contributed by atoms with Crippen LogP contribution in [0.3, 0.4) is 0 Å². The molecule has 0 spiro atoms. The SMILES string of the molecule is CN(C)CCSc1ccc(NC(=O)NCCCn2cccn2)cc1. The number of nitrogens with one attached hydrogen (secondary N) is 2. The molecule has 2 N–H and O–H groups in total. The van der Waals surface area contributed by atoms with E-state index in [9.17, 15) is 4.79 Å². The highest BCUT2D eigenvalue weighted by Gasteiger charge is 2.02. The molecule has 130 valence electrons. The average Bonchev–Trinajstić information content (AvgIpc) is 3.06. The minimum atomic E-state index is -0.177. The number of anilines is 1. The average molecular weight is 347 g/mol. The topological polar surface area (TPSA) is 62.2 Å². The number of nitrogens with zero attached hydrogens (tertiary/aromatic N) is 3. The smallest absolute Gasteiger partial charge is 0.319 e. The van der Waals surface area contributed by atoms with Crippen LogP contribution in [0.5, 0.6) is 0 Å². The summed E-state index contributed by atoms with van der Waals surface area (Å²) >= 11 is 1.81. The summed E-state index contributed by atoms with van der Waals surface area (Å²) in [5.74, 6) is 1.05. The van der Waals surface area contributed by atoms with Crippen molar-refractivity contribution in [2.24, 2.45) is 0 Å². The van der Waals surface area contributed by atoms with Crippen molar-refractivity contribution in [3.63, 3.8) is 0 Å². The molecule has 6 nitrogen and oxygen atoms in total. The van der Waals surface area contributed by atoms with Crippen molar-refractivity contribution in [1.82, 2.24) is 20.0 Å². The number of aromatic nitrogens is 2. The summed E-state index contributed by atoms with van der Waals surface area (Å²) in [5, 5.41) is 9.82. The summed E-state index contributed by atoms with van der Waals surface area (Å²) < 4.78 is 1.85. The predicted molar refractivity (Wildman–Crippen MR) is 99.6 cm³/mol. The molecule has 0 saturated carbocycles. The summed E-state index contributed by atoms with van der Waals surface area (Å²) in [6.45, 7) is 2.46. The molecule has 2 rings (SSSR count). The zero-order chi connectivity index (χ0) is 17.2. The van der Waals surface area contributed by atoms with Crippen LogP contribution in [-0.2, 0) is 6.54 Å². The second-order valence-electron chi connectivity index (χ2n) is 5.68. The Morgan fingerprint density at radius 2 is 2.08 bits per heavy atom. The van der Waals surface area contributed by atoms with Gasteiger partial charge in [0.15, 0.2) is 0 Å². The Hall–Kier alpha value is -1.99. The van der Waals surface area contributed by atoms with E-state index in [0.717, 1.165) is 31.0 Å². The monoisotopic (exact) mass is 347 g/mol. The van der Waals surface area contributed by atoms with Gasteiger partial charge in [-0.05, 0) is 50.8 Å². The van der Waals surface area contributed by atoms with Crippen LogP contribution >= 0.6 is 11.8 Å². The Labute approximate surface area is 147 Å². The number of carbonyl (C=O) groups excluding carboxylic acids is 1. The van der Waals surface area contributed by atoms with Gasteiger partial charge in [0.05, 0.1) is 0 Å². The molecule has 1 heterocycles. The van der Waals surface area contributed by atoms with Crippen molar-refractivity contribution in [2.75, 3.05) is 38.3 Å². The number of benzene rings is 1. The maximum atomic E-state index is 11.9. The van der Waals surface area contributed by atoms with E-state index < -0.39 is 0 Å². The van der Waals surface area contributed by atoms with Crippen LogP contribution in [0.2, 0.25) is 0 Å². The van der Waals surface area contributed by atoms with Crippen LogP contribution < -0.4 is 10.6 Å². The van der Waals surface area contributed by atoms with Crippen molar-refractivity contribution < 1.29 is 4.79 Å². The molecular formula is C17H25N5OS. The van der Waals surface area contributed by atoms with Crippen molar-refractivity contribution >= 4 is 23.5 Å². The van der Waals surface area contributed by atoms with E-state index in [1.54, 1.807) is 6.20 Å². The van der Waals surface area contributed by atoms with Crippen molar-refractivity contribution in [3.8, 4) is 0 Å². The molecule has 7 heteroatoms. The van der Waals surface area contributed by atoms with E-state index in [-0.39, 0.29) is 6.03 Å². The zero-order valence-corrected chi connectivity index (χ0v) is 15.1. The molecule has 0 atom stereocenters. The molecule has 0 unspecified atom stereocenters. The molecule has 2 aromatic rings. The van der Waals surface area contributed by atoms with Gasteiger partial charge in [-0.25, -0.2) is 4.79 Å².